The highest BCUT2D eigenvalue weighted by Gasteiger charge is 2.23. The summed E-state index contributed by atoms with van der Waals surface area (Å²) >= 11 is 0. The van der Waals surface area contributed by atoms with E-state index in [1.165, 1.54) is 6.26 Å². The first-order valence-corrected chi connectivity index (χ1v) is 9.24. The molecular formula is C16H18N2O7S. The predicted octanol–water partition coefficient (Wildman–Crippen LogP) is 1.64. The van der Waals surface area contributed by atoms with Crippen LogP contribution in [0.15, 0.2) is 34.9 Å². The molecule has 0 amide bonds. The van der Waals surface area contributed by atoms with E-state index in [0.717, 1.165) is 11.1 Å². The van der Waals surface area contributed by atoms with Gasteiger partial charge in [-0.05, 0) is 29.7 Å². The molecule has 3 rings (SSSR count). The predicted molar refractivity (Wildman–Crippen MR) is 93.2 cm³/mol. The van der Waals surface area contributed by atoms with E-state index < -0.39 is 16.1 Å². The Balaban J connectivity index is 0.000000431. The lowest BCUT2D eigenvalue weighted by molar-refractivity contribution is 0.0663. The number of rotatable bonds is 3. The molecular weight excluding hydrogens is 364 g/mol. The van der Waals surface area contributed by atoms with E-state index in [0.29, 0.717) is 30.6 Å². The van der Waals surface area contributed by atoms with Crippen LogP contribution in [-0.4, -0.2) is 42.7 Å². The van der Waals surface area contributed by atoms with Crippen molar-refractivity contribution in [1.29, 1.82) is 5.41 Å². The number of furan rings is 1. The molecule has 1 aromatic heterocycles. The first kappa shape index (κ1) is 19.5. The molecule has 0 saturated heterocycles. The smallest absolute Gasteiger partial charge is 0.372 e. The summed E-state index contributed by atoms with van der Waals surface area (Å²) in [6.07, 6.45) is 2.72. The number of aromatic carboxylic acids is 1. The van der Waals surface area contributed by atoms with Crippen LogP contribution in [0.25, 0.3) is 11.1 Å². The number of carboxylic acids is 1. The Morgan fingerprint density at radius 2 is 2.00 bits per heavy atom. The van der Waals surface area contributed by atoms with Gasteiger partial charge in [-0.2, -0.15) is 8.42 Å². The Bertz CT molecular complexity index is 926. The van der Waals surface area contributed by atoms with Gasteiger partial charge in [0, 0.05) is 5.56 Å². The molecule has 1 aliphatic heterocycles. The van der Waals surface area contributed by atoms with E-state index in [2.05, 4.69) is 0 Å². The molecule has 0 bridgehead atoms. The fourth-order valence-corrected chi connectivity index (χ4v) is 2.44. The summed E-state index contributed by atoms with van der Waals surface area (Å²) in [5.41, 5.74) is 7.71. The van der Waals surface area contributed by atoms with E-state index in [1.54, 1.807) is 12.1 Å². The van der Waals surface area contributed by atoms with Gasteiger partial charge in [0.25, 0.3) is 10.1 Å². The zero-order valence-corrected chi connectivity index (χ0v) is 14.6. The van der Waals surface area contributed by atoms with Crippen LogP contribution in [0, 0.1) is 11.3 Å². The molecule has 0 spiro atoms. The molecule has 2 aromatic rings. The molecule has 9 nitrogen and oxygen atoms in total. The third-order valence-corrected chi connectivity index (χ3v) is 3.58. The van der Waals surface area contributed by atoms with Gasteiger partial charge >= 0.3 is 5.97 Å². The largest absolute Gasteiger partial charge is 0.493 e. The molecule has 1 aliphatic rings. The van der Waals surface area contributed by atoms with Crippen molar-refractivity contribution in [3.05, 3.63) is 41.9 Å². The normalized spacial score (nSPS) is 15.8. The minimum atomic E-state index is -3.67. The number of carbonyl (C=O) groups is 1. The van der Waals surface area contributed by atoms with Crippen LogP contribution >= 0.6 is 0 Å². The first-order valence-electron chi connectivity index (χ1n) is 7.39. The molecule has 10 heteroatoms. The van der Waals surface area contributed by atoms with Crippen molar-refractivity contribution in [3.8, 4) is 16.9 Å². The highest BCUT2D eigenvalue weighted by molar-refractivity contribution is 7.85. The third-order valence-electron chi connectivity index (χ3n) is 3.58. The summed E-state index contributed by atoms with van der Waals surface area (Å²) in [5, 5.41) is 16.6. The van der Waals surface area contributed by atoms with Gasteiger partial charge < -0.3 is 20.0 Å². The molecule has 0 fully saturated rings. The Morgan fingerprint density at radius 1 is 1.35 bits per heavy atom. The first-order chi connectivity index (χ1) is 12.1. The van der Waals surface area contributed by atoms with Gasteiger partial charge in [-0.3, -0.25) is 9.96 Å². The number of nitrogens with two attached hydrogens (primary N) is 1. The molecule has 140 valence electrons. The molecule has 0 saturated carbocycles. The van der Waals surface area contributed by atoms with Gasteiger partial charge in [-0.1, -0.05) is 12.1 Å². The zero-order chi connectivity index (χ0) is 19.5. The van der Waals surface area contributed by atoms with Crippen molar-refractivity contribution >= 4 is 21.9 Å². The van der Waals surface area contributed by atoms with Gasteiger partial charge in [0.1, 0.15) is 5.75 Å². The maximum Gasteiger partial charge on any atom is 0.372 e. The van der Waals surface area contributed by atoms with E-state index in [1.807, 2.05) is 12.1 Å². The van der Waals surface area contributed by atoms with Crippen molar-refractivity contribution in [2.75, 3.05) is 12.9 Å². The summed E-state index contributed by atoms with van der Waals surface area (Å²) in [5.74, 6) is -0.486. The highest BCUT2D eigenvalue weighted by atomic mass is 32.2. The van der Waals surface area contributed by atoms with Crippen LogP contribution in [-0.2, 0) is 16.5 Å². The summed E-state index contributed by atoms with van der Waals surface area (Å²) < 4.78 is 36.5. The van der Waals surface area contributed by atoms with Gasteiger partial charge in [0.15, 0.2) is 0 Å². The second kappa shape index (κ2) is 7.58. The number of benzene rings is 1. The summed E-state index contributed by atoms with van der Waals surface area (Å²) in [6.45, 7) is 0.364. The van der Waals surface area contributed by atoms with Crippen molar-refractivity contribution < 1.29 is 32.0 Å². The average Bonchev–Trinajstić information content (AvgIpc) is 3.02. The maximum absolute atomic E-state index is 11.1. The number of hydrogen-bond acceptors (Lipinski definition) is 6. The van der Waals surface area contributed by atoms with Crippen LogP contribution in [0.5, 0.6) is 5.75 Å². The lowest BCUT2D eigenvalue weighted by atomic mass is 9.94. The fourth-order valence-electron chi connectivity index (χ4n) is 2.44. The Kier molecular flexibility index (Phi) is 5.68. The van der Waals surface area contributed by atoms with Crippen molar-refractivity contribution in [2.45, 2.75) is 6.42 Å². The van der Waals surface area contributed by atoms with Gasteiger partial charge in [-0.15, -0.1) is 0 Å². The van der Waals surface area contributed by atoms with Gasteiger partial charge in [-0.25, -0.2) is 4.79 Å². The molecule has 2 heterocycles. The van der Waals surface area contributed by atoms with E-state index >= 15 is 0 Å². The minimum Gasteiger partial charge on any atom is -0.493 e. The zero-order valence-electron chi connectivity index (χ0n) is 13.8. The molecule has 0 radical (unpaired) electrons. The highest BCUT2D eigenvalue weighted by Crippen LogP contribution is 2.33. The summed E-state index contributed by atoms with van der Waals surface area (Å²) in [6, 6.07) is 7.11. The quantitative estimate of drug-likeness (QED) is 0.353. The Morgan fingerprint density at radius 3 is 2.58 bits per heavy atom. The number of amidine groups is 1. The number of hydrogen-bond donors (Lipinski definition) is 4. The molecule has 26 heavy (non-hydrogen) atoms. The SMILES string of the molecule is CS(=O)(=O)O.N=C(N)C1COc2cc(-c3ccoc3C(=O)O)ccc2C1. The molecule has 0 aliphatic carbocycles. The lowest BCUT2D eigenvalue weighted by Crippen LogP contribution is -2.32. The second-order valence-electron chi connectivity index (χ2n) is 5.69. The third kappa shape index (κ3) is 5.07. The topological polar surface area (TPSA) is 164 Å². The molecule has 1 aromatic carbocycles. The van der Waals surface area contributed by atoms with Crippen LogP contribution < -0.4 is 10.5 Å². The van der Waals surface area contributed by atoms with E-state index in [9.17, 15) is 13.2 Å². The summed E-state index contributed by atoms with van der Waals surface area (Å²) in [4.78, 5) is 11.1. The standard InChI is InChI=1S/C15H14N2O4.CH4O3S/c16-14(17)10-5-9-2-1-8(6-12(9)21-7-10)11-3-4-20-13(11)15(18)19;1-5(2,3)4/h1-4,6,10H,5,7H2,(H3,16,17)(H,18,19);1H3,(H,2,3,4). The van der Waals surface area contributed by atoms with Crippen molar-refractivity contribution in [1.82, 2.24) is 0 Å². The summed E-state index contributed by atoms with van der Waals surface area (Å²) in [7, 11) is -3.67. The van der Waals surface area contributed by atoms with E-state index in [-0.39, 0.29) is 17.5 Å². The Labute approximate surface area is 149 Å². The number of carboxylic acid groups (broad SMARTS) is 1. The Hall–Kier alpha value is -2.85. The lowest BCUT2D eigenvalue weighted by Gasteiger charge is -2.24. The molecule has 5 N–H and O–H groups in total. The van der Waals surface area contributed by atoms with E-state index in [4.69, 9.17) is 30.0 Å². The molecule has 1 atom stereocenters. The van der Waals surface area contributed by atoms with Crippen LogP contribution in [0.1, 0.15) is 16.1 Å². The van der Waals surface area contributed by atoms with Crippen molar-refractivity contribution in [2.24, 2.45) is 11.7 Å². The molecule has 1 unspecified atom stereocenters. The minimum absolute atomic E-state index is 0.0904. The monoisotopic (exact) mass is 382 g/mol. The second-order valence-corrected chi connectivity index (χ2v) is 7.16. The van der Waals surface area contributed by atoms with Crippen molar-refractivity contribution in [3.63, 3.8) is 0 Å². The van der Waals surface area contributed by atoms with Gasteiger partial charge in [0.05, 0.1) is 30.9 Å². The number of fused-ring (bicyclic) bond motifs is 1. The number of nitrogens with one attached hydrogen (secondary N) is 1. The maximum atomic E-state index is 11.1. The number of ether oxygens (including phenoxy) is 1. The average molecular weight is 382 g/mol. The van der Waals surface area contributed by atoms with Gasteiger partial charge in [0.2, 0.25) is 5.76 Å². The fraction of sp³-hybridized carbons (Fsp3) is 0.250. The van der Waals surface area contributed by atoms with Crippen LogP contribution in [0.4, 0.5) is 0 Å². The van der Waals surface area contributed by atoms with Crippen LogP contribution in [0.2, 0.25) is 0 Å². The van der Waals surface area contributed by atoms with Crippen LogP contribution in [0.3, 0.4) is 0 Å².